The zero-order valence-electron chi connectivity index (χ0n) is 11.8. The first-order valence-electron chi connectivity index (χ1n) is 7.92. The molecule has 102 valence electrons. The third-order valence-electron chi connectivity index (χ3n) is 6.25. The predicted octanol–water partition coefficient (Wildman–Crippen LogP) is 3.68. The van der Waals surface area contributed by atoms with E-state index in [1.807, 2.05) is 0 Å². The Morgan fingerprint density at radius 1 is 0.944 bits per heavy atom. The zero-order chi connectivity index (χ0) is 12.4. The first-order valence-corrected chi connectivity index (χ1v) is 7.92. The van der Waals surface area contributed by atoms with Gasteiger partial charge in [0.15, 0.2) is 0 Å². The lowest BCUT2D eigenvalue weighted by Gasteiger charge is -2.44. The highest BCUT2D eigenvalue weighted by molar-refractivity contribution is 5.04. The van der Waals surface area contributed by atoms with E-state index in [2.05, 4.69) is 13.8 Å². The highest BCUT2D eigenvalue weighted by Gasteiger charge is 2.54. The van der Waals surface area contributed by atoms with Gasteiger partial charge in [0.25, 0.3) is 0 Å². The molecular formula is C16H26O2. The van der Waals surface area contributed by atoms with Crippen LogP contribution in [0.1, 0.15) is 65.2 Å². The minimum absolute atomic E-state index is 0.537. The van der Waals surface area contributed by atoms with Crippen LogP contribution in [0.25, 0.3) is 0 Å². The van der Waals surface area contributed by atoms with Crippen molar-refractivity contribution in [2.24, 2.45) is 10.8 Å². The molecule has 6 atom stereocenters. The molecule has 2 heterocycles. The topological polar surface area (TPSA) is 25.1 Å². The first kappa shape index (κ1) is 11.7. The van der Waals surface area contributed by atoms with Crippen molar-refractivity contribution < 1.29 is 9.47 Å². The lowest BCUT2D eigenvalue weighted by molar-refractivity contribution is 0.0759. The molecule has 4 fully saturated rings. The van der Waals surface area contributed by atoms with E-state index in [-0.39, 0.29) is 0 Å². The molecule has 0 spiro atoms. The molecule has 2 saturated carbocycles. The standard InChI is InChI=1S/C16H26O2/c1-3-16(7-5-12-14(9-16)18-12)10-15(2)6-4-11-13(8-15)17-11/h11-14H,3-10H2,1-2H3. The molecule has 0 bridgehead atoms. The molecule has 2 nitrogen and oxygen atoms in total. The molecule has 0 N–H and O–H groups in total. The average Bonchev–Trinajstić information content (AvgIpc) is 3.21. The van der Waals surface area contributed by atoms with Crippen LogP contribution in [-0.4, -0.2) is 24.4 Å². The maximum atomic E-state index is 5.76. The van der Waals surface area contributed by atoms with Gasteiger partial charge in [0.2, 0.25) is 0 Å². The summed E-state index contributed by atoms with van der Waals surface area (Å²) < 4.78 is 11.5. The van der Waals surface area contributed by atoms with Gasteiger partial charge in [0.1, 0.15) is 0 Å². The molecule has 2 aliphatic heterocycles. The Bertz CT molecular complexity index is 355. The van der Waals surface area contributed by atoms with Crippen molar-refractivity contribution in [1.82, 2.24) is 0 Å². The van der Waals surface area contributed by atoms with E-state index in [4.69, 9.17) is 9.47 Å². The quantitative estimate of drug-likeness (QED) is 0.714. The van der Waals surface area contributed by atoms with Crippen molar-refractivity contribution >= 4 is 0 Å². The van der Waals surface area contributed by atoms with Gasteiger partial charge in [0.05, 0.1) is 24.4 Å². The van der Waals surface area contributed by atoms with E-state index < -0.39 is 0 Å². The predicted molar refractivity (Wildman–Crippen MR) is 70.5 cm³/mol. The van der Waals surface area contributed by atoms with Gasteiger partial charge in [-0.05, 0) is 55.8 Å². The first-order chi connectivity index (χ1) is 8.61. The van der Waals surface area contributed by atoms with Crippen LogP contribution in [0, 0.1) is 10.8 Å². The van der Waals surface area contributed by atoms with E-state index in [1.165, 1.54) is 51.4 Å². The number of ether oxygens (including phenoxy) is 2. The fourth-order valence-electron chi connectivity index (χ4n) is 4.95. The third-order valence-corrected chi connectivity index (χ3v) is 6.25. The smallest absolute Gasteiger partial charge is 0.0847 e. The van der Waals surface area contributed by atoms with Crippen molar-refractivity contribution in [2.75, 3.05) is 0 Å². The van der Waals surface area contributed by atoms with Crippen molar-refractivity contribution in [1.29, 1.82) is 0 Å². The highest BCUT2D eigenvalue weighted by atomic mass is 16.6. The molecule has 0 amide bonds. The van der Waals surface area contributed by atoms with Crippen LogP contribution in [0.4, 0.5) is 0 Å². The molecule has 2 aliphatic carbocycles. The largest absolute Gasteiger partial charge is 0.370 e. The van der Waals surface area contributed by atoms with Crippen molar-refractivity contribution in [3.8, 4) is 0 Å². The van der Waals surface area contributed by atoms with Gasteiger partial charge in [-0.1, -0.05) is 20.3 Å². The summed E-state index contributed by atoms with van der Waals surface area (Å²) in [6, 6.07) is 0. The maximum Gasteiger partial charge on any atom is 0.0847 e. The molecule has 18 heavy (non-hydrogen) atoms. The second-order valence-electron chi connectivity index (χ2n) is 7.75. The third kappa shape index (κ3) is 1.92. The second-order valence-corrected chi connectivity index (χ2v) is 7.75. The van der Waals surface area contributed by atoms with Crippen LogP contribution in [-0.2, 0) is 9.47 Å². The minimum Gasteiger partial charge on any atom is -0.370 e. The van der Waals surface area contributed by atoms with Crippen molar-refractivity contribution in [2.45, 2.75) is 89.6 Å². The molecule has 0 radical (unpaired) electrons. The Morgan fingerprint density at radius 3 is 2.22 bits per heavy atom. The summed E-state index contributed by atoms with van der Waals surface area (Å²) >= 11 is 0. The SMILES string of the molecule is CCC1(CC2(C)CCC3OC3C2)CCC2OC2C1. The molecule has 2 saturated heterocycles. The molecule has 0 aromatic heterocycles. The van der Waals surface area contributed by atoms with E-state index in [1.54, 1.807) is 0 Å². The Balaban J connectivity index is 1.47. The second kappa shape index (κ2) is 3.73. The Labute approximate surface area is 110 Å². The van der Waals surface area contributed by atoms with E-state index in [9.17, 15) is 0 Å². The molecule has 6 unspecified atom stereocenters. The van der Waals surface area contributed by atoms with Gasteiger partial charge in [-0.2, -0.15) is 0 Å². The fraction of sp³-hybridized carbons (Fsp3) is 1.00. The van der Waals surface area contributed by atoms with E-state index in [0.717, 1.165) is 0 Å². The summed E-state index contributed by atoms with van der Waals surface area (Å²) in [5.41, 5.74) is 1.11. The van der Waals surface area contributed by atoms with Crippen molar-refractivity contribution in [3.05, 3.63) is 0 Å². The summed E-state index contributed by atoms with van der Waals surface area (Å²) in [5.74, 6) is 0. The zero-order valence-corrected chi connectivity index (χ0v) is 11.8. The lowest BCUT2D eigenvalue weighted by atomic mass is 9.60. The average molecular weight is 250 g/mol. The van der Waals surface area contributed by atoms with Gasteiger partial charge in [-0.3, -0.25) is 0 Å². The van der Waals surface area contributed by atoms with Gasteiger partial charge < -0.3 is 9.47 Å². The van der Waals surface area contributed by atoms with E-state index >= 15 is 0 Å². The molecular weight excluding hydrogens is 224 g/mol. The van der Waals surface area contributed by atoms with Gasteiger partial charge in [-0.25, -0.2) is 0 Å². The monoisotopic (exact) mass is 250 g/mol. The van der Waals surface area contributed by atoms with Crippen LogP contribution in [0.15, 0.2) is 0 Å². The molecule has 0 aromatic carbocycles. The molecule has 2 heteroatoms. The fourth-order valence-corrected chi connectivity index (χ4v) is 4.95. The number of epoxide rings is 2. The number of hydrogen-bond acceptors (Lipinski definition) is 2. The van der Waals surface area contributed by atoms with Crippen LogP contribution >= 0.6 is 0 Å². The maximum absolute atomic E-state index is 5.76. The minimum atomic E-state index is 0.537. The molecule has 0 aromatic rings. The summed E-state index contributed by atoms with van der Waals surface area (Å²) in [4.78, 5) is 0. The Morgan fingerprint density at radius 2 is 1.61 bits per heavy atom. The number of hydrogen-bond donors (Lipinski definition) is 0. The van der Waals surface area contributed by atoms with Crippen LogP contribution in [0.3, 0.4) is 0 Å². The summed E-state index contributed by atoms with van der Waals surface area (Å²) in [7, 11) is 0. The summed E-state index contributed by atoms with van der Waals surface area (Å²) in [6.07, 6.45) is 13.3. The van der Waals surface area contributed by atoms with Crippen LogP contribution in [0.2, 0.25) is 0 Å². The van der Waals surface area contributed by atoms with Crippen LogP contribution < -0.4 is 0 Å². The van der Waals surface area contributed by atoms with Crippen molar-refractivity contribution in [3.63, 3.8) is 0 Å². The van der Waals surface area contributed by atoms with E-state index in [0.29, 0.717) is 35.2 Å². The summed E-state index contributed by atoms with van der Waals surface area (Å²) in [5, 5.41) is 0. The lowest BCUT2D eigenvalue weighted by Crippen LogP contribution is -2.36. The number of fused-ring (bicyclic) bond motifs is 2. The van der Waals surface area contributed by atoms with Gasteiger partial charge in [-0.15, -0.1) is 0 Å². The van der Waals surface area contributed by atoms with Gasteiger partial charge in [0, 0.05) is 0 Å². The summed E-state index contributed by atoms with van der Waals surface area (Å²) in [6.45, 7) is 4.91. The normalized spacial score (nSPS) is 57.7. The highest BCUT2D eigenvalue weighted by Crippen LogP contribution is 2.57. The Hall–Kier alpha value is -0.0800. The molecule has 4 aliphatic rings. The van der Waals surface area contributed by atoms with Gasteiger partial charge >= 0.3 is 0 Å². The molecule has 4 rings (SSSR count). The number of rotatable bonds is 3. The van der Waals surface area contributed by atoms with Crippen LogP contribution in [0.5, 0.6) is 0 Å². The Kier molecular flexibility index (Phi) is 2.43.